The van der Waals surface area contributed by atoms with E-state index in [9.17, 15) is 9.59 Å². The van der Waals surface area contributed by atoms with Crippen molar-refractivity contribution in [3.63, 3.8) is 0 Å². The summed E-state index contributed by atoms with van der Waals surface area (Å²) in [7, 11) is 1.32. The molecule has 1 atom stereocenters. The van der Waals surface area contributed by atoms with Gasteiger partial charge >= 0.3 is 5.97 Å². The topological polar surface area (TPSA) is 55.4 Å². The van der Waals surface area contributed by atoms with Crippen molar-refractivity contribution >= 4 is 35.2 Å². The Bertz CT molecular complexity index is 494. The summed E-state index contributed by atoms with van der Waals surface area (Å²) in [5, 5.41) is 3.39. The number of rotatable bonds is 7. The van der Waals surface area contributed by atoms with Crippen LogP contribution in [0.3, 0.4) is 0 Å². The van der Waals surface area contributed by atoms with Gasteiger partial charge < -0.3 is 10.1 Å². The van der Waals surface area contributed by atoms with Crippen LogP contribution in [-0.4, -0.2) is 30.8 Å². The number of carbonyl (C=O) groups excluding carboxylic acids is 2. The fraction of sp³-hybridized carbons (Fsp3) is 0.467. The van der Waals surface area contributed by atoms with Crippen molar-refractivity contribution in [3.05, 3.63) is 34.9 Å². The van der Waals surface area contributed by atoms with Crippen molar-refractivity contribution in [2.45, 2.75) is 25.6 Å². The van der Waals surface area contributed by atoms with E-state index in [1.54, 1.807) is 0 Å². The van der Waals surface area contributed by atoms with Crippen molar-refractivity contribution in [2.24, 2.45) is 5.92 Å². The number of hydrogen-bond donors (Lipinski definition) is 1. The highest BCUT2D eigenvalue weighted by Crippen LogP contribution is 2.16. The molecule has 1 rings (SSSR count). The van der Waals surface area contributed by atoms with Gasteiger partial charge in [0.1, 0.15) is 6.04 Å². The van der Waals surface area contributed by atoms with Gasteiger partial charge in [-0.2, -0.15) is 0 Å². The second-order valence-corrected chi connectivity index (χ2v) is 6.36. The van der Waals surface area contributed by atoms with Crippen LogP contribution >= 0.6 is 23.4 Å². The predicted octanol–water partition coefficient (Wildman–Crippen LogP) is 2.89. The van der Waals surface area contributed by atoms with Gasteiger partial charge in [-0.3, -0.25) is 4.79 Å². The zero-order valence-electron chi connectivity index (χ0n) is 12.4. The maximum atomic E-state index is 11.9. The Morgan fingerprint density at radius 1 is 1.38 bits per heavy atom. The molecular formula is C15H20ClNO3S. The van der Waals surface area contributed by atoms with E-state index in [-0.39, 0.29) is 17.6 Å². The lowest BCUT2D eigenvalue weighted by Gasteiger charge is -2.19. The van der Waals surface area contributed by atoms with Gasteiger partial charge in [0, 0.05) is 10.8 Å². The van der Waals surface area contributed by atoms with Crippen LogP contribution in [0.4, 0.5) is 0 Å². The molecule has 0 aliphatic rings. The molecule has 0 aliphatic carbocycles. The summed E-state index contributed by atoms with van der Waals surface area (Å²) in [6.07, 6.45) is 0. The molecule has 0 saturated heterocycles. The van der Waals surface area contributed by atoms with Crippen molar-refractivity contribution < 1.29 is 14.3 Å². The number of ether oxygens (including phenoxy) is 1. The van der Waals surface area contributed by atoms with Crippen LogP contribution in [0.1, 0.15) is 19.4 Å². The lowest BCUT2D eigenvalue weighted by Crippen LogP contribution is -2.45. The van der Waals surface area contributed by atoms with Crippen molar-refractivity contribution in [1.29, 1.82) is 0 Å². The van der Waals surface area contributed by atoms with E-state index in [0.29, 0.717) is 10.8 Å². The molecule has 21 heavy (non-hydrogen) atoms. The Labute approximate surface area is 134 Å². The van der Waals surface area contributed by atoms with Crippen LogP contribution in [0.5, 0.6) is 0 Å². The van der Waals surface area contributed by atoms with Gasteiger partial charge in [0.2, 0.25) is 5.91 Å². The minimum Gasteiger partial charge on any atom is -0.467 e. The average Bonchev–Trinajstić information content (AvgIpc) is 2.43. The van der Waals surface area contributed by atoms with Crippen LogP contribution in [-0.2, 0) is 20.1 Å². The van der Waals surface area contributed by atoms with E-state index in [2.05, 4.69) is 10.1 Å². The molecule has 1 N–H and O–H groups in total. The number of hydrogen-bond acceptors (Lipinski definition) is 4. The molecule has 0 saturated carbocycles. The van der Waals surface area contributed by atoms with E-state index in [4.69, 9.17) is 11.6 Å². The van der Waals surface area contributed by atoms with E-state index >= 15 is 0 Å². The van der Waals surface area contributed by atoms with E-state index in [0.717, 1.165) is 5.56 Å². The van der Waals surface area contributed by atoms with E-state index < -0.39 is 12.0 Å². The van der Waals surface area contributed by atoms with Gasteiger partial charge in [0.25, 0.3) is 0 Å². The Morgan fingerprint density at radius 2 is 2.10 bits per heavy atom. The van der Waals surface area contributed by atoms with E-state index in [1.807, 2.05) is 38.1 Å². The number of thioether (sulfide) groups is 1. The van der Waals surface area contributed by atoms with Crippen molar-refractivity contribution in [3.8, 4) is 0 Å². The fourth-order valence-electron chi connectivity index (χ4n) is 1.73. The molecule has 6 heteroatoms. The normalized spacial score (nSPS) is 12.0. The smallest absolute Gasteiger partial charge is 0.328 e. The highest BCUT2D eigenvalue weighted by atomic mass is 35.5. The molecule has 0 aliphatic heterocycles. The Hall–Kier alpha value is -1.20. The highest BCUT2D eigenvalue weighted by molar-refractivity contribution is 7.99. The van der Waals surface area contributed by atoms with Crippen molar-refractivity contribution in [2.75, 3.05) is 12.9 Å². The van der Waals surface area contributed by atoms with Crippen LogP contribution in [0.25, 0.3) is 0 Å². The molecule has 1 unspecified atom stereocenters. The molecule has 0 bridgehead atoms. The summed E-state index contributed by atoms with van der Waals surface area (Å²) >= 11 is 7.37. The summed E-state index contributed by atoms with van der Waals surface area (Å²) in [6, 6.07) is 6.92. The molecular weight excluding hydrogens is 310 g/mol. The summed E-state index contributed by atoms with van der Waals surface area (Å²) in [6.45, 7) is 3.72. The highest BCUT2D eigenvalue weighted by Gasteiger charge is 2.24. The third-order valence-corrected chi connectivity index (χ3v) is 4.07. The second kappa shape index (κ2) is 8.95. The van der Waals surface area contributed by atoms with Crippen LogP contribution in [0.15, 0.2) is 24.3 Å². The number of methoxy groups -OCH3 is 1. The third kappa shape index (κ3) is 6.40. The molecule has 1 aromatic rings. The first-order valence-corrected chi connectivity index (χ1v) is 8.16. The van der Waals surface area contributed by atoms with Crippen LogP contribution in [0.2, 0.25) is 5.02 Å². The summed E-state index contributed by atoms with van der Waals surface area (Å²) in [5.41, 5.74) is 1.06. The first-order chi connectivity index (χ1) is 9.93. The Kier molecular flexibility index (Phi) is 7.61. The Balaban J connectivity index is 2.41. The predicted molar refractivity (Wildman–Crippen MR) is 86.4 cm³/mol. The monoisotopic (exact) mass is 329 g/mol. The second-order valence-electron chi connectivity index (χ2n) is 4.94. The minimum atomic E-state index is -0.603. The molecule has 0 radical (unpaired) electrons. The van der Waals surface area contributed by atoms with Crippen LogP contribution in [0, 0.1) is 5.92 Å². The lowest BCUT2D eigenvalue weighted by molar-refractivity contribution is -0.146. The number of carbonyl (C=O) groups is 2. The standard InChI is InChI=1S/C15H20ClNO3S/c1-10(2)14(15(19)20-3)17-13(18)9-21-8-11-5-4-6-12(16)7-11/h4-7,10,14H,8-9H2,1-3H3,(H,17,18). The molecule has 4 nitrogen and oxygen atoms in total. The summed E-state index contributed by atoms with van der Waals surface area (Å²) in [4.78, 5) is 23.4. The van der Waals surface area contributed by atoms with E-state index in [1.165, 1.54) is 18.9 Å². The number of esters is 1. The molecule has 0 fully saturated rings. The SMILES string of the molecule is COC(=O)C(NC(=O)CSCc1cccc(Cl)c1)C(C)C. The fourth-order valence-corrected chi connectivity index (χ4v) is 2.73. The molecule has 0 aromatic heterocycles. The molecule has 1 aromatic carbocycles. The number of benzene rings is 1. The van der Waals surface area contributed by atoms with Gasteiger partial charge in [0.15, 0.2) is 0 Å². The zero-order chi connectivity index (χ0) is 15.8. The summed E-state index contributed by atoms with van der Waals surface area (Å²) in [5.74, 6) is 0.370. The first-order valence-electron chi connectivity index (χ1n) is 6.63. The first kappa shape index (κ1) is 17.9. The number of halogens is 1. The quantitative estimate of drug-likeness (QED) is 0.781. The van der Waals surface area contributed by atoms with Gasteiger partial charge in [-0.25, -0.2) is 4.79 Å². The van der Waals surface area contributed by atoms with Gasteiger partial charge in [-0.05, 0) is 23.6 Å². The maximum absolute atomic E-state index is 11.9. The molecule has 0 heterocycles. The minimum absolute atomic E-state index is 0.0145. The molecule has 116 valence electrons. The van der Waals surface area contributed by atoms with Gasteiger partial charge in [0.05, 0.1) is 12.9 Å². The Morgan fingerprint density at radius 3 is 2.67 bits per heavy atom. The zero-order valence-corrected chi connectivity index (χ0v) is 14.0. The maximum Gasteiger partial charge on any atom is 0.328 e. The lowest BCUT2D eigenvalue weighted by atomic mass is 10.1. The largest absolute Gasteiger partial charge is 0.467 e. The van der Waals surface area contributed by atoms with Gasteiger partial charge in [-0.1, -0.05) is 37.6 Å². The van der Waals surface area contributed by atoms with Gasteiger partial charge in [-0.15, -0.1) is 11.8 Å². The number of nitrogens with one attached hydrogen (secondary N) is 1. The number of amides is 1. The van der Waals surface area contributed by atoms with Crippen molar-refractivity contribution in [1.82, 2.24) is 5.32 Å². The summed E-state index contributed by atoms with van der Waals surface area (Å²) < 4.78 is 4.69. The molecule has 1 amide bonds. The third-order valence-electron chi connectivity index (χ3n) is 2.83. The average molecular weight is 330 g/mol. The van der Waals surface area contributed by atoms with Crippen LogP contribution < -0.4 is 5.32 Å². The molecule has 0 spiro atoms.